The molecule has 21 heavy (non-hydrogen) atoms. The van der Waals surface area contributed by atoms with Crippen LogP contribution in [0.1, 0.15) is 29.5 Å². The van der Waals surface area contributed by atoms with Crippen molar-refractivity contribution in [3.8, 4) is 0 Å². The minimum Gasteiger partial charge on any atom is -0.476 e. The van der Waals surface area contributed by atoms with Crippen molar-refractivity contribution < 1.29 is 18.3 Å². The predicted molar refractivity (Wildman–Crippen MR) is 75.7 cm³/mol. The Labute approximate surface area is 123 Å². The number of likely N-dealkylation sites (tertiary alicyclic amines) is 1. The third-order valence-corrected chi connectivity index (χ3v) is 5.43. The number of piperidine rings is 1. The van der Waals surface area contributed by atoms with Crippen LogP contribution >= 0.6 is 0 Å². The van der Waals surface area contributed by atoms with E-state index in [1.807, 2.05) is 14.0 Å². The van der Waals surface area contributed by atoms with Crippen LogP contribution < -0.4 is 4.72 Å². The van der Waals surface area contributed by atoms with Gasteiger partial charge in [0, 0.05) is 12.6 Å². The summed E-state index contributed by atoms with van der Waals surface area (Å²) < 4.78 is 27.6. The monoisotopic (exact) mass is 316 g/mol. The predicted octanol–water partition coefficient (Wildman–Crippen LogP) is 0.0348. The van der Waals surface area contributed by atoms with Crippen molar-refractivity contribution in [2.45, 2.75) is 31.2 Å². The van der Waals surface area contributed by atoms with Gasteiger partial charge in [-0.15, -0.1) is 0 Å². The van der Waals surface area contributed by atoms with Gasteiger partial charge in [-0.05, 0) is 32.9 Å². The lowest BCUT2D eigenvalue weighted by Gasteiger charge is -2.34. The van der Waals surface area contributed by atoms with Crippen LogP contribution in [0.25, 0.3) is 0 Å². The van der Waals surface area contributed by atoms with E-state index in [1.54, 1.807) is 0 Å². The van der Waals surface area contributed by atoms with E-state index in [-0.39, 0.29) is 22.5 Å². The molecule has 2 atom stereocenters. The molecular weight excluding hydrogens is 296 g/mol. The molecule has 1 aromatic heterocycles. The Kier molecular flexibility index (Phi) is 4.35. The van der Waals surface area contributed by atoms with Gasteiger partial charge >= 0.3 is 5.97 Å². The summed E-state index contributed by atoms with van der Waals surface area (Å²) in [7, 11) is -1.93. The van der Waals surface area contributed by atoms with E-state index in [4.69, 9.17) is 5.11 Å². The maximum Gasteiger partial charge on any atom is 0.357 e. The summed E-state index contributed by atoms with van der Waals surface area (Å²) in [6.45, 7) is 5.06. The maximum atomic E-state index is 12.5. The van der Waals surface area contributed by atoms with Gasteiger partial charge in [-0.3, -0.25) is 5.10 Å². The summed E-state index contributed by atoms with van der Waals surface area (Å²) in [4.78, 5) is 13.0. The summed E-state index contributed by atoms with van der Waals surface area (Å²) in [6.07, 6.45) is 0.691. The molecule has 0 saturated carbocycles. The SMILES string of the molecule is Cc1[nH]nc(C(=O)O)c1S(=O)(=O)NC1CCN(C)CC1C. The largest absolute Gasteiger partial charge is 0.476 e. The van der Waals surface area contributed by atoms with Gasteiger partial charge in [0.15, 0.2) is 5.69 Å². The molecule has 2 heterocycles. The zero-order valence-corrected chi connectivity index (χ0v) is 13.1. The molecular formula is C12H20N4O4S. The number of carboxylic acid groups (broad SMARTS) is 1. The lowest BCUT2D eigenvalue weighted by molar-refractivity contribution is 0.0686. The van der Waals surface area contributed by atoms with Crippen LogP contribution in [0.5, 0.6) is 0 Å². The minimum atomic E-state index is -3.92. The molecule has 0 aromatic carbocycles. The molecule has 1 aliphatic rings. The van der Waals surface area contributed by atoms with Crippen molar-refractivity contribution in [2.24, 2.45) is 5.92 Å². The van der Waals surface area contributed by atoms with Gasteiger partial charge < -0.3 is 10.0 Å². The Morgan fingerprint density at radius 3 is 2.76 bits per heavy atom. The van der Waals surface area contributed by atoms with E-state index < -0.39 is 21.7 Å². The first-order valence-electron chi connectivity index (χ1n) is 6.71. The zero-order chi connectivity index (χ0) is 15.8. The molecule has 0 radical (unpaired) electrons. The maximum absolute atomic E-state index is 12.5. The van der Waals surface area contributed by atoms with Crippen LogP contribution in [0.2, 0.25) is 0 Å². The number of carboxylic acids is 1. The summed E-state index contributed by atoms with van der Waals surface area (Å²) in [5.41, 5.74) is -0.249. The molecule has 9 heteroatoms. The molecule has 1 saturated heterocycles. The van der Waals surface area contributed by atoms with E-state index in [0.717, 1.165) is 13.1 Å². The summed E-state index contributed by atoms with van der Waals surface area (Å²) in [6, 6.07) is -0.206. The van der Waals surface area contributed by atoms with Gasteiger partial charge in [0.2, 0.25) is 10.0 Å². The molecule has 118 valence electrons. The van der Waals surface area contributed by atoms with E-state index in [9.17, 15) is 13.2 Å². The van der Waals surface area contributed by atoms with Crippen molar-refractivity contribution in [3.63, 3.8) is 0 Å². The number of carbonyl (C=O) groups is 1. The average molecular weight is 316 g/mol. The summed E-state index contributed by atoms with van der Waals surface area (Å²) in [5, 5.41) is 15.0. The Hall–Kier alpha value is -1.45. The molecule has 1 fully saturated rings. The molecule has 8 nitrogen and oxygen atoms in total. The molecule has 2 unspecified atom stereocenters. The quantitative estimate of drug-likeness (QED) is 0.722. The number of hydrogen-bond acceptors (Lipinski definition) is 5. The number of aromatic nitrogens is 2. The summed E-state index contributed by atoms with van der Waals surface area (Å²) in [5.74, 6) is -1.21. The van der Waals surface area contributed by atoms with Crippen molar-refractivity contribution in [2.75, 3.05) is 20.1 Å². The van der Waals surface area contributed by atoms with E-state index >= 15 is 0 Å². The third-order valence-electron chi connectivity index (χ3n) is 3.78. The van der Waals surface area contributed by atoms with Crippen molar-refractivity contribution in [1.82, 2.24) is 19.8 Å². The molecule has 0 spiro atoms. The third kappa shape index (κ3) is 3.25. The highest BCUT2D eigenvalue weighted by molar-refractivity contribution is 7.89. The van der Waals surface area contributed by atoms with Crippen LogP contribution in [-0.2, 0) is 10.0 Å². The first kappa shape index (κ1) is 15.9. The lowest BCUT2D eigenvalue weighted by atomic mass is 9.95. The second kappa shape index (κ2) is 5.74. The van der Waals surface area contributed by atoms with Gasteiger partial charge in [0.05, 0.1) is 5.69 Å². The van der Waals surface area contributed by atoms with Crippen LogP contribution in [0.15, 0.2) is 4.90 Å². The van der Waals surface area contributed by atoms with Crippen molar-refractivity contribution >= 4 is 16.0 Å². The number of H-pyrrole nitrogens is 1. The fourth-order valence-electron chi connectivity index (χ4n) is 2.68. The Morgan fingerprint density at radius 1 is 1.52 bits per heavy atom. The average Bonchev–Trinajstić information content (AvgIpc) is 2.76. The standard InChI is InChI=1S/C12H20N4O4S/c1-7-6-16(3)5-4-9(7)15-21(19,20)11-8(2)13-14-10(11)12(17)18/h7,9,15H,4-6H2,1-3H3,(H,13,14)(H,17,18). The lowest BCUT2D eigenvalue weighted by Crippen LogP contribution is -2.49. The van der Waals surface area contributed by atoms with Crippen LogP contribution in [0.3, 0.4) is 0 Å². The first-order valence-corrected chi connectivity index (χ1v) is 8.20. The second-order valence-electron chi connectivity index (χ2n) is 5.59. The number of aromatic amines is 1. The van der Waals surface area contributed by atoms with E-state index in [2.05, 4.69) is 19.8 Å². The smallest absolute Gasteiger partial charge is 0.357 e. The van der Waals surface area contributed by atoms with Crippen LogP contribution in [0.4, 0.5) is 0 Å². The molecule has 1 aromatic rings. The Bertz CT molecular complexity index is 640. The normalized spacial score (nSPS) is 24.1. The number of aryl methyl sites for hydroxylation is 1. The number of aromatic carboxylic acids is 1. The van der Waals surface area contributed by atoms with Gasteiger partial charge in [-0.2, -0.15) is 5.10 Å². The van der Waals surface area contributed by atoms with E-state index in [0.29, 0.717) is 6.42 Å². The molecule has 0 aliphatic carbocycles. The Morgan fingerprint density at radius 2 is 2.19 bits per heavy atom. The van der Waals surface area contributed by atoms with E-state index in [1.165, 1.54) is 6.92 Å². The molecule has 2 rings (SSSR count). The fraction of sp³-hybridized carbons (Fsp3) is 0.667. The highest BCUT2D eigenvalue weighted by atomic mass is 32.2. The van der Waals surface area contributed by atoms with Gasteiger partial charge in [-0.1, -0.05) is 6.92 Å². The van der Waals surface area contributed by atoms with Crippen molar-refractivity contribution in [1.29, 1.82) is 0 Å². The number of sulfonamides is 1. The highest BCUT2D eigenvalue weighted by Gasteiger charge is 2.33. The molecule has 0 amide bonds. The molecule has 1 aliphatic heterocycles. The molecule has 0 bridgehead atoms. The number of nitrogens with one attached hydrogen (secondary N) is 2. The minimum absolute atomic E-state index is 0.152. The zero-order valence-electron chi connectivity index (χ0n) is 12.3. The fourth-order valence-corrected chi connectivity index (χ4v) is 4.38. The Balaban J connectivity index is 2.27. The van der Waals surface area contributed by atoms with Crippen molar-refractivity contribution in [3.05, 3.63) is 11.4 Å². The van der Waals surface area contributed by atoms with Crippen LogP contribution in [-0.4, -0.2) is 60.8 Å². The first-order chi connectivity index (χ1) is 9.72. The number of hydrogen-bond donors (Lipinski definition) is 3. The van der Waals surface area contributed by atoms with Crippen LogP contribution in [0, 0.1) is 12.8 Å². The number of rotatable bonds is 4. The summed E-state index contributed by atoms with van der Waals surface area (Å²) >= 11 is 0. The second-order valence-corrected chi connectivity index (χ2v) is 7.24. The van der Waals surface area contributed by atoms with Gasteiger partial charge in [-0.25, -0.2) is 17.9 Å². The highest BCUT2D eigenvalue weighted by Crippen LogP contribution is 2.22. The number of nitrogens with zero attached hydrogens (tertiary/aromatic N) is 2. The topological polar surface area (TPSA) is 115 Å². The molecule has 3 N–H and O–H groups in total. The van der Waals surface area contributed by atoms with Gasteiger partial charge in [0.1, 0.15) is 4.90 Å². The van der Waals surface area contributed by atoms with Gasteiger partial charge in [0.25, 0.3) is 0 Å².